The summed E-state index contributed by atoms with van der Waals surface area (Å²) in [4.78, 5) is 4.29. The maximum atomic E-state index is 11.9. The molecule has 1 aromatic heterocycles. The van der Waals surface area contributed by atoms with E-state index in [0.717, 1.165) is 17.0 Å². The summed E-state index contributed by atoms with van der Waals surface area (Å²) >= 11 is 0. The smallest absolute Gasteiger partial charge is 0.211 e. The van der Waals surface area contributed by atoms with E-state index in [0.29, 0.717) is 32.1 Å². The Morgan fingerprint density at radius 2 is 2.08 bits per heavy atom. The van der Waals surface area contributed by atoms with Crippen LogP contribution in [0.15, 0.2) is 34.9 Å². The third-order valence-corrected chi connectivity index (χ3v) is 5.84. The third-order valence-electron chi connectivity index (χ3n) is 4.42. The van der Waals surface area contributed by atoms with Crippen LogP contribution in [0.2, 0.25) is 0 Å². The molecule has 0 radical (unpaired) electrons. The second-order valence-corrected chi connectivity index (χ2v) is 8.38. The standard InChI is InChI=1S/C18H24N2O5S/c1-3-26(21,22)20-17-8-9-23-10-15(17)11-25-16-6-4-14(5-7-16)18-12-24-13(2)19-18/h4-7,12,15,17,20H,3,8-11H2,1-2H3. The number of nitrogens with one attached hydrogen (secondary N) is 1. The van der Waals surface area contributed by atoms with Gasteiger partial charge in [-0.1, -0.05) is 0 Å². The van der Waals surface area contributed by atoms with E-state index >= 15 is 0 Å². The van der Waals surface area contributed by atoms with Crippen LogP contribution in [0.4, 0.5) is 0 Å². The molecule has 26 heavy (non-hydrogen) atoms. The van der Waals surface area contributed by atoms with E-state index in [2.05, 4.69) is 9.71 Å². The molecule has 2 unspecified atom stereocenters. The molecule has 1 N–H and O–H groups in total. The summed E-state index contributed by atoms with van der Waals surface area (Å²) in [5, 5.41) is 0. The fourth-order valence-corrected chi connectivity index (χ4v) is 3.79. The van der Waals surface area contributed by atoms with Gasteiger partial charge in [0.05, 0.1) is 19.0 Å². The highest BCUT2D eigenvalue weighted by molar-refractivity contribution is 7.89. The minimum Gasteiger partial charge on any atom is -0.493 e. The van der Waals surface area contributed by atoms with Crippen LogP contribution in [-0.2, 0) is 14.8 Å². The maximum Gasteiger partial charge on any atom is 0.211 e. The number of rotatable bonds is 7. The molecule has 2 heterocycles. The van der Waals surface area contributed by atoms with E-state index in [1.807, 2.05) is 24.3 Å². The highest BCUT2D eigenvalue weighted by Crippen LogP contribution is 2.23. The molecule has 7 nitrogen and oxygen atoms in total. The predicted molar refractivity (Wildman–Crippen MR) is 97.5 cm³/mol. The van der Waals surface area contributed by atoms with Crippen molar-refractivity contribution < 1.29 is 22.3 Å². The molecule has 1 aliphatic rings. The molecule has 0 aliphatic carbocycles. The molecule has 3 rings (SSSR count). The average Bonchev–Trinajstić information content (AvgIpc) is 3.07. The highest BCUT2D eigenvalue weighted by atomic mass is 32.2. The van der Waals surface area contributed by atoms with Crippen molar-refractivity contribution in [1.82, 2.24) is 9.71 Å². The first-order valence-corrected chi connectivity index (χ1v) is 10.3. The van der Waals surface area contributed by atoms with Crippen LogP contribution in [-0.4, -0.2) is 45.0 Å². The summed E-state index contributed by atoms with van der Waals surface area (Å²) < 4.78 is 43.0. The fourth-order valence-electron chi connectivity index (χ4n) is 2.85. The quantitative estimate of drug-likeness (QED) is 0.793. The van der Waals surface area contributed by atoms with E-state index in [9.17, 15) is 8.42 Å². The normalized spacial score (nSPS) is 20.8. The van der Waals surface area contributed by atoms with Gasteiger partial charge >= 0.3 is 0 Å². The molecule has 1 saturated heterocycles. The van der Waals surface area contributed by atoms with Crippen LogP contribution >= 0.6 is 0 Å². The van der Waals surface area contributed by atoms with Crippen molar-refractivity contribution in [3.8, 4) is 17.0 Å². The Kier molecular flexibility index (Phi) is 5.95. The van der Waals surface area contributed by atoms with Crippen LogP contribution in [0.3, 0.4) is 0 Å². The molecular weight excluding hydrogens is 356 g/mol. The van der Waals surface area contributed by atoms with Gasteiger partial charge in [0.1, 0.15) is 17.7 Å². The molecular formula is C18H24N2O5S. The maximum absolute atomic E-state index is 11.9. The number of ether oxygens (including phenoxy) is 2. The van der Waals surface area contributed by atoms with Crippen molar-refractivity contribution in [3.63, 3.8) is 0 Å². The Bertz CT molecular complexity index is 816. The molecule has 1 aliphatic heterocycles. The zero-order chi connectivity index (χ0) is 18.6. The van der Waals surface area contributed by atoms with Gasteiger partial charge in [0, 0.05) is 31.1 Å². The van der Waals surface area contributed by atoms with Crippen LogP contribution < -0.4 is 9.46 Å². The number of benzene rings is 1. The van der Waals surface area contributed by atoms with Gasteiger partial charge in [-0.2, -0.15) is 0 Å². The molecule has 142 valence electrons. The second-order valence-electron chi connectivity index (χ2n) is 6.34. The number of hydrogen-bond donors (Lipinski definition) is 1. The van der Waals surface area contributed by atoms with Gasteiger partial charge in [-0.15, -0.1) is 0 Å². The molecule has 2 atom stereocenters. The number of hydrogen-bond acceptors (Lipinski definition) is 6. The van der Waals surface area contributed by atoms with E-state index in [-0.39, 0.29) is 17.7 Å². The van der Waals surface area contributed by atoms with Gasteiger partial charge in [0.2, 0.25) is 10.0 Å². The van der Waals surface area contributed by atoms with Crippen molar-refractivity contribution >= 4 is 10.0 Å². The van der Waals surface area contributed by atoms with Crippen LogP contribution in [0.25, 0.3) is 11.3 Å². The second kappa shape index (κ2) is 8.20. The number of aryl methyl sites for hydroxylation is 1. The lowest BCUT2D eigenvalue weighted by molar-refractivity contribution is 0.0186. The van der Waals surface area contributed by atoms with E-state index in [1.54, 1.807) is 20.1 Å². The van der Waals surface area contributed by atoms with Crippen LogP contribution in [0.5, 0.6) is 5.75 Å². The van der Waals surface area contributed by atoms with Gasteiger partial charge in [-0.3, -0.25) is 0 Å². The monoisotopic (exact) mass is 380 g/mol. The highest BCUT2D eigenvalue weighted by Gasteiger charge is 2.29. The van der Waals surface area contributed by atoms with Gasteiger partial charge in [0.25, 0.3) is 0 Å². The fraction of sp³-hybridized carbons (Fsp3) is 0.500. The molecule has 0 amide bonds. The summed E-state index contributed by atoms with van der Waals surface area (Å²) in [5.41, 5.74) is 1.73. The van der Waals surface area contributed by atoms with Crippen molar-refractivity contribution in [3.05, 3.63) is 36.4 Å². The SMILES string of the molecule is CCS(=O)(=O)NC1CCOCC1COc1ccc(-c2coc(C)n2)cc1. The van der Waals surface area contributed by atoms with E-state index in [4.69, 9.17) is 13.9 Å². The van der Waals surface area contributed by atoms with E-state index in [1.165, 1.54) is 0 Å². The van der Waals surface area contributed by atoms with Gasteiger partial charge in [-0.05, 0) is 37.6 Å². The predicted octanol–water partition coefficient (Wildman–Crippen LogP) is 2.37. The number of sulfonamides is 1. The van der Waals surface area contributed by atoms with Crippen LogP contribution in [0.1, 0.15) is 19.2 Å². The van der Waals surface area contributed by atoms with Crippen molar-refractivity contribution in [2.75, 3.05) is 25.6 Å². The minimum absolute atomic E-state index is 0.0251. The molecule has 1 aromatic carbocycles. The first kappa shape index (κ1) is 18.9. The summed E-state index contributed by atoms with van der Waals surface area (Å²) in [7, 11) is -3.25. The number of aromatic nitrogens is 1. The van der Waals surface area contributed by atoms with Crippen molar-refractivity contribution in [2.24, 2.45) is 5.92 Å². The summed E-state index contributed by atoms with van der Waals surface area (Å²) in [6.45, 7) is 4.85. The third kappa shape index (κ3) is 4.84. The zero-order valence-electron chi connectivity index (χ0n) is 15.0. The Balaban J connectivity index is 1.60. The molecule has 2 aromatic rings. The number of nitrogens with zero attached hydrogens (tertiary/aromatic N) is 1. The first-order valence-electron chi connectivity index (χ1n) is 8.70. The summed E-state index contributed by atoms with van der Waals surface area (Å²) in [5.74, 6) is 1.39. The van der Waals surface area contributed by atoms with Crippen molar-refractivity contribution in [2.45, 2.75) is 26.3 Å². The summed E-state index contributed by atoms with van der Waals surface area (Å²) in [6, 6.07) is 7.41. The lowest BCUT2D eigenvalue weighted by Gasteiger charge is -2.31. The van der Waals surface area contributed by atoms with Gasteiger partial charge in [-0.25, -0.2) is 18.1 Å². The minimum atomic E-state index is -3.25. The van der Waals surface area contributed by atoms with Gasteiger partial charge < -0.3 is 13.9 Å². The average molecular weight is 380 g/mol. The Morgan fingerprint density at radius 1 is 1.31 bits per heavy atom. The molecule has 1 fully saturated rings. The largest absolute Gasteiger partial charge is 0.493 e. The number of oxazole rings is 1. The zero-order valence-corrected chi connectivity index (χ0v) is 15.8. The molecule has 0 bridgehead atoms. The Hall–Kier alpha value is -1.90. The lowest BCUT2D eigenvalue weighted by atomic mass is 9.98. The van der Waals surface area contributed by atoms with Crippen LogP contribution in [0, 0.1) is 12.8 Å². The molecule has 8 heteroatoms. The van der Waals surface area contributed by atoms with Crippen molar-refractivity contribution in [1.29, 1.82) is 0 Å². The Morgan fingerprint density at radius 3 is 2.73 bits per heavy atom. The molecule has 0 saturated carbocycles. The first-order chi connectivity index (χ1) is 12.5. The summed E-state index contributed by atoms with van der Waals surface area (Å²) in [6.07, 6.45) is 2.27. The Labute approximate surface area is 153 Å². The lowest BCUT2D eigenvalue weighted by Crippen LogP contribution is -2.47. The van der Waals surface area contributed by atoms with Gasteiger partial charge in [0.15, 0.2) is 5.89 Å². The molecule has 0 spiro atoms. The topological polar surface area (TPSA) is 90.7 Å². The van der Waals surface area contributed by atoms with E-state index < -0.39 is 10.0 Å².